The van der Waals surface area contributed by atoms with Gasteiger partial charge in [0.25, 0.3) is 0 Å². The predicted molar refractivity (Wildman–Crippen MR) is 129 cm³/mol. The van der Waals surface area contributed by atoms with Crippen molar-refractivity contribution in [2.75, 3.05) is 20.8 Å². The molecule has 1 fully saturated rings. The number of nitrogens with one attached hydrogen (secondary N) is 2. The lowest BCUT2D eigenvalue weighted by atomic mass is 10.1. The molecule has 1 atom stereocenters. The number of guanidine groups is 1. The molecule has 0 saturated heterocycles. The van der Waals surface area contributed by atoms with Crippen LogP contribution >= 0.6 is 24.0 Å². The van der Waals surface area contributed by atoms with Gasteiger partial charge in [0.1, 0.15) is 0 Å². The number of rotatable bonds is 9. The van der Waals surface area contributed by atoms with E-state index in [1.54, 1.807) is 20.2 Å². The Labute approximate surface area is 195 Å². The maximum absolute atomic E-state index is 14.4. The van der Waals surface area contributed by atoms with Gasteiger partial charge in [-0.2, -0.15) is 0 Å². The van der Waals surface area contributed by atoms with Crippen molar-refractivity contribution in [2.24, 2.45) is 10.9 Å². The molecule has 1 saturated carbocycles. The number of benzene rings is 2. The minimum absolute atomic E-state index is 0. The fourth-order valence-electron chi connectivity index (χ4n) is 3.06. The van der Waals surface area contributed by atoms with Crippen LogP contribution in [0.2, 0.25) is 0 Å². The van der Waals surface area contributed by atoms with E-state index < -0.39 is 0 Å². The monoisotopic (exact) mass is 527 g/mol. The molecular weight excluding hydrogens is 496 g/mol. The van der Waals surface area contributed by atoms with Gasteiger partial charge in [-0.05, 0) is 54.5 Å². The number of aliphatic imine (C=N–C) groups is 1. The molecule has 1 aliphatic rings. The third-order valence-electron chi connectivity index (χ3n) is 4.97. The predicted octanol–water partition coefficient (Wildman–Crippen LogP) is 4.81. The summed E-state index contributed by atoms with van der Waals surface area (Å²) in [6.07, 6.45) is 2.37. The summed E-state index contributed by atoms with van der Waals surface area (Å²) in [5.41, 5.74) is 3.10. The fraction of sp³-hybridized carbons (Fsp3) is 0.435. The zero-order valence-electron chi connectivity index (χ0n) is 17.8. The highest BCUT2D eigenvalue weighted by atomic mass is 127. The van der Waals surface area contributed by atoms with Crippen molar-refractivity contribution in [3.63, 3.8) is 0 Å². The van der Waals surface area contributed by atoms with Gasteiger partial charge in [-0.1, -0.05) is 30.3 Å². The summed E-state index contributed by atoms with van der Waals surface area (Å²) in [5.74, 6) is 1.25. The summed E-state index contributed by atoms with van der Waals surface area (Å²) in [7, 11) is 3.41. The third-order valence-corrected chi connectivity index (χ3v) is 4.97. The molecule has 5 nitrogen and oxygen atoms in total. The van der Waals surface area contributed by atoms with Crippen LogP contribution in [0.1, 0.15) is 42.5 Å². The fourth-order valence-corrected chi connectivity index (χ4v) is 3.06. The van der Waals surface area contributed by atoms with E-state index in [0.29, 0.717) is 37.4 Å². The lowest BCUT2D eigenvalue weighted by Gasteiger charge is -2.19. The molecular formula is C23H31FIN3O2. The molecule has 1 aliphatic carbocycles. The maximum atomic E-state index is 14.4. The highest BCUT2D eigenvalue weighted by Gasteiger charge is 2.22. The van der Waals surface area contributed by atoms with Gasteiger partial charge in [0.15, 0.2) is 17.5 Å². The molecule has 0 bridgehead atoms. The first-order valence-corrected chi connectivity index (χ1v) is 10.0. The molecule has 1 unspecified atom stereocenters. The SMILES string of the molecule is CN=C(NCc1cccc(COC)c1)NC(C)c1ccc(OCC2CC2)c(F)c1.I. The van der Waals surface area contributed by atoms with E-state index in [2.05, 4.69) is 27.8 Å². The molecule has 7 heteroatoms. The summed E-state index contributed by atoms with van der Waals surface area (Å²) in [5, 5.41) is 6.61. The smallest absolute Gasteiger partial charge is 0.191 e. The molecule has 0 aromatic heterocycles. The van der Waals surface area contributed by atoms with Gasteiger partial charge in [-0.15, -0.1) is 24.0 Å². The first kappa shape index (κ1) is 24.4. The zero-order valence-corrected chi connectivity index (χ0v) is 20.1. The molecule has 2 aromatic rings. The van der Waals surface area contributed by atoms with Crippen LogP contribution in [0.5, 0.6) is 5.75 Å². The maximum Gasteiger partial charge on any atom is 0.191 e. The van der Waals surface area contributed by atoms with Crippen LogP contribution in [0.3, 0.4) is 0 Å². The van der Waals surface area contributed by atoms with E-state index in [0.717, 1.165) is 16.7 Å². The molecule has 0 aliphatic heterocycles. The summed E-state index contributed by atoms with van der Waals surface area (Å²) in [6.45, 7) is 3.80. The second-order valence-corrected chi connectivity index (χ2v) is 7.49. The largest absolute Gasteiger partial charge is 0.490 e. The number of methoxy groups -OCH3 is 1. The molecule has 0 spiro atoms. The Morgan fingerprint density at radius 2 is 1.97 bits per heavy atom. The Balaban J connectivity index is 0.00000320. The number of hydrogen-bond donors (Lipinski definition) is 2. The molecule has 3 rings (SSSR count). The molecule has 164 valence electrons. The topological polar surface area (TPSA) is 54.9 Å². The van der Waals surface area contributed by atoms with Gasteiger partial charge in [0.05, 0.1) is 19.3 Å². The van der Waals surface area contributed by atoms with Crippen molar-refractivity contribution in [1.29, 1.82) is 0 Å². The second kappa shape index (κ2) is 12.1. The highest BCUT2D eigenvalue weighted by molar-refractivity contribution is 14.0. The highest BCUT2D eigenvalue weighted by Crippen LogP contribution is 2.30. The van der Waals surface area contributed by atoms with Crippen molar-refractivity contribution in [1.82, 2.24) is 10.6 Å². The standard InChI is InChI=1S/C23H30FN3O2.HI/c1-16(20-9-10-22(21(24)12-20)29-15-17-7-8-17)27-23(25-2)26-13-18-5-4-6-19(11-18)14-28-3;/h4-6,9-12,16-17H,7-8,13-15H2,1-3H3,(H2,25,26,27);1H. The second-order valence-electron chi connectivity index (χ2n) is 7.49. The molecule has 0 radical (unpaired) electrons. The van der Waals surface area contributed by atoms with E-state index in [4.69, 9.17) is 9.47 Å². The minimum atomic E-state index is -0.324. The number of hydrogen-bond acceptors (Lipinski definition) is 3. The molecule has 2 aromatic carbocycles. The van der Waals surface area contributed by atoms with Crippen LogP contribution in [-0.2, 0) is 17.9 Å². The van der Waals surface area contributed by atoms with Crippen LogP contribution in [0.25, 0.3) is 0 Å². The van der Waals surface area contributed by atoms with E-state index in [1.807, 2.05) is 25.1 Å². The van der Waals surface area contributed by atoms with Crippen LogP contribution in [-0.4, -0.2) is 26.7 Å². The summed E-state index contributed by atoms with van der Waals surface area (Å²) < 4.78 is 25.1. The quantitative estimate of drug-likeness (QED) is 0.280. The van der Waals surface area contributed by atoms with Gasteiger partial charge >= 0.3 is 0 Å². The van der Waals surface area contributed by atoms with Crippen molar-refractivity contribution in [3.8, 4) is 5.75 Å². The Morgan fingerprint density at radius 3 is 2.63 bits per heavy atom. The first-order valence-electron chi connectivity index (χ1n) is 10.0. The summed E-state index contributed by atoms with van der Waals surface area (Å²) in [4.78, 5) is 4.27. The lowest BCUT2D eigenvalue weighted by Crippen LogP contribution is -2.38. The van der Waals surface area contributed by atoms with Gasteiger partial charge in [0, 0.05) is 20.7 Å². The molecule has 0 amide bonds. The van der Waals surface area contributed by atoms with E-state index in [-0.39, 0.29) is 35.8 Å². The van der Waals surface area contributed by atoms with Crippen molar-refractivity contribution in [2.45, 2.75) is 39.0 Å². The summed E-state index contributed by atoms with van der Waals surface area (Å²) >= 11 is 0. The van der Waals surface area contributed by atoms with Crippen molar-refractivity contribution in [3.05, 3.63) is 65.0 Å². The van der Waals surface area contributed by atoms with Crippen LogP contribution in [0.15, 0.2) is 47.5 Å². The number of nitrogens with zero attached hydrogens (tertiary/aromatic N) is 1. The summed E-state index contributed by atoms with van der Waals surface area (Å²) in [6, 6.07) is 13.2. The molecule has 30 heavy (non-hydrogen) atoms. The van der Waals surface area contributed by atoms with Crippen LogP contribution in [0.4, 0.5) is 4.39 Å². The van der Waals surface area contributed by atoms with Gasteiger partial charge < -0.3 is 20.1 Å². The Kier molecular flexibility index (Phi) is 9.84. The Morgan fingerprint density at radius 1 is 1.20 bits per heavy atom. The average Bonchev–Trinajstić information content (AvgIpc) is 3.55. The number of ether oxygens (including phenoxy) is 2. The third kappa shape index (κ3) is 7.43. The molecule has 2 N–H and O–H groups in total. The minimum Gasteiger partial charge on any atom is -0.490 e. The van der Waals surface area contributed by atoms with E-state index in [9.17, 15) is 4.39 Å². The normalized spacial score (nSPS) is 14.6. The average molecular weight is 527 g/mol. The van der Waals surface area contributed by atoms with Crippen molar-refractivity contribution < 1.29 is 13.9 Å². The molecule has 0 heterocycles. The van der Waals surface area contributed by atoms with Gasteiger partial charge in [-0.25, -0.2) is 4.39 Å². The number of halogens is 2. The van der Waals surface area contributed by atoms with Crippen LogP contribution in [0, 0.1) is 11.7 Å². The first-order chi connectivity index (χ1) is 14.1. The van der Waals surface area contributed by atoms with Crippen LogP contribution < -0.4 is 15.4 Å². The Bertz CT molecular complexity index is 843. The van der Waals surface area contributed by atoms with E-state index >= 15 is 0 Å². The van der Waals surface area contributed by atoms with Crippen molar-refractivity contribution >= 4 is 29.9 Å². The zero-order chi connectivity index (χ0) is 20.6. The van der Waals surface area contributed by atoms with Gasteiger partial charge in [0.2, 0.25) is 0 Å². The van der Waals surface area contributed by atoms with Gasteiger partial charge in [-0.3, -0.25) is 4.99 Å². The Hall–Kier alpha value is -1.87. The lowest BCUT2D eigenvalue weighted by molar-refractivity contribution is 0.185. The van der Waals surface area contributed by atoms with E-state index in [1.165, 1.54) is 18.9 Å².